The highest BCUT2D eigenvalue weighted by Crippen LogP contribution is 2.51. The Labute approximate surface area is 220 Å². The molecule has 2 aromatic heterocycles. The highest BCUT2D eigenvalue weighted by Gasteiger charge is 2.48. The van der Waals surface area contributed by atoms with E-state index in [4.69, 9.17) is 9.72 Å². The van der Waals surface area contributed by atoms with E-state index >= 15 is 0 Å². The van der Waals surface area contributed by atoms with Gasteiger partial charge in [0.25, 0.3) is 11.5 Å². The number of aromatic nitrogens is 3. The predicted octanol–water partition coefficient (Wildman–Crippen LogP) is 3.54. The van der Waals surface area contributed by atoms with Crippen molar-refractivity contribution in [1.29, 1.82) is 0 Å². The summed E-state index contributed by atoms with van der Waals surface area (Å²) in [7, 11) is 1.56. The number of aliphatic hydroxyl groups is 1. The molecule has 2 N–H and O–H groups in total. The number of benzene rings is 2. The minimum absolute atomic E-state index is 0.119. The largest absolute Gasteiger partial charge is 0.481 e. The van der Waals surface area contributed by atoms with Gasteiger partial charge in [-0.15, -0.1) is 0 Å². The summed E-state index contributed by atoms with van der Waals surface area (Å²) in [4.78, 5) is 40.1. The van der Waals surface area contributed by atoms with Crippen molar-refractivity contribution in [2.75, 3.05) is 13.7 Å². The predicted molar refractivity (Wildman–Crippen MR) is 142 cm³/mol. The molecule has 8 nitrogen and oxygen atoms in total. The van der Waals surface area contributed by atoms with Gasteiger partial charge in [-0.1, -0.05) is 48.5 Å². The molecule has 1 aliphatic carbocycles. The summed E-state index contributed by atoms with van der Waals surface area (Å²) < 4.78 is 5.12. The van der Waals surface area contributed by atoms with E-state index in [1.807, 2.05) is 30.3 Å². The number of nitrogens with zero attached hydrogens (tertiary/aromatic N) is 3. The number of fused-ring (bicyclic) bond motifs is 1. The number of methoxy groups -OCH3 is 1. The fraction of sp³-hybridized carbons (Fsp3) is 0.267. The van der Waals surface area contributed by atoms with Gasteiger partial charge >= 0.3 is 0 Å². The maximum Gasteiger partial charge on any atom is 0.256 e. The van der Waals surface area contributed by atoms with Gasteiger partial charge in [0, 0.05) is 30.8 Å². The molecule has 0 bridgehead atoms. The lowest BCUT2D eigenvalue weighted by Gasteiger charge is -2.30. The van der Waals surface area contributed by atoms with E-state index in [-0.39, 0.29) is 17.5 Å². The molecule has 2 aliphatic rings. The Kier molecular flexibility index (Phi) is 6.04. The minimum Gasteiger partial charge on any atom is -0.481 e. The molecule has 1 atom stereocenters. The van der Waals surface area contributed by atoms with Gasteiger partial charge in [0.2, 0.25) is 5.88 Å². The van der Waals surface area contributed by atoms with Gasteiger partial charge < -0.3 is 19.7 Å². The number of rotatable bonds is 6. The first kappa shape index (κ1) is 24.1. The summed E-state index contributed by atoms with van der Waals surface area (Å²) in [6.07, 6.45) is 2.70. The molecule has 3 heterocycles. The Morgan fingerprint density at radius 1 is 1.08 bits per heavy atom. The highest BCUT2D eigenvalue weighted by molar-refractivity contribution is 5.83. The third kappa shape index (κ3) is 4.26. The van der Waals surface area contributed by atoms with E-state index in [1.54, 1.807) is 37.6 Å². The van der Waals surface area contributed by atoms with Crippen LogP contribution in [0.4, 0.5) is 0 Å². The monoisotopic (exact) mass is 508 g/mol. The molecule has 4 aromatic rings. The zero-order valence-corrected chi connectivity index (χ0v) is 21.1. The summed E-state index contributed by atoms with van der Waals surface area (Å²) in [6, 6.07) is 21.0. The van der Waals surface area contributed by atoms with Crippen LogP contribution in [-0.2, 0) is 23.2 Å². The van der Waals surface area contributed by atoms with Crippen molar-refractivity contribution < 1.29 is 14.6 Å². The second kappa shape index (κ2) is 9.54. The van der Waals surface area contributed by atoms with E-state index in [0.29, 0.717) is 35.8 Å². The van der Waals surface area contributed by atoms with Crippen LogP contribution < -0.4 is 10.3 Å². The molecule has 0 spiro atoms. The molecule has 192 valence electrons. The number of hydrogen-bond donors (Lipinski definition) is 2. The number of nitrogens with one attached hydrogen (secondary N) is 1. The molecule has 1 unspecified atom stereocenters. The summed E-state index contributed by atoms with van der Waals surface area (Å²) in [6.45, 7) is 0.507. The van der Waals surface area contributed by atoms with Crippen molar-refractivity contribution in [2.24, 2.45) is 0 Å². The molecule has 38 heavy (non-hydrogen) atoms. The molecule has 0 saturated heterocycles. The van der Waals surface area contributed by atoms with E-state index in [2.05, 4.69) is 22.1 Å². The minimum atomic E-state index is -1.35. The van der Waals surface area contributed by atoms with Crippen molar-refractivity contribution >= 4 is 5.91 Å². The number of hydrogen-bond acceptors (Lipinski definition) is 6. The number of aliphatic hydroxyl groups excluding tert-OH is 1. The van der Waals surface area contributed by atoms with Gasteiger partial charge in [-0.25, -0.2) is 9.97 Å². The first-order valence-corrected chi connectivity index (χ1v) is 12.7. The second-order valence-electron chi connectivity index (χ2n) is 9.91. The van der Waals surface area contributed by atoms with Gasteiger partial charge in [-0.3, -0.25) is 9.59 Å². The van der Waals surface area contributed by atoms with E-state index < -0.39 is 12.0 Å². The molecule has 8 heteroatoms. The standard InChI is InChI=1S/C30H28N4O4/c1-38-25-11-10-21(17-31-25)19-6-5-7-20(16-19)26(35)28(37)34-15-12-24-23(18-34)27(36)33-29(32-24)30(13-14-30)22-8-3-2-4-9-22/h2-11,16-17,26,35H,12-15,18H2,1H3,(H,32,33,36). The molecule has 1 aliphatic heterocycles. The van der Waals surface area contributed by atoms with Crippen molar-refractivity contribution in [2.45, 2.75) is 37.3 Å². The van der Waals surface area contributed by atoms with Gasteiger partial charge in [-0.2, -0.15) is 0 Å². The molecular weight excluding hydrogens is 480 g/mol. The van der Waals surface area contributed by atoms with E-state index in [1.165, 1.54) is 4.90 Å². The van der Waals surface area contributed by atoms with Crippen LogP contribution in [0.15, 0.2) is 77.7 Å². The van der Waals surface area contributed by atoms with Crippen LogP contribution in [0, 0.1) is 0 Å². The molecule has 1 fully saturated rings. The average molecular weight is 509 g/mol. The van der Waals surface area contributed by atoms with E-state index in [9.17, 15) is 14.7 Å². The third-order valence-electron chi connectivity index (χ3n) is 7.63. The van der Waals surface area contributed by atoms with Crippen molar-refractivity contribution in [1.82, 2.24) is 19.9 Å². The second-order valence-corrected chi connectivity index (χ2v) is 9.91. The van der Waals surface area contributed by atoms with Gasteiger partial charge in [0.15, 0.2) is 6.10 Å². The first-order chi connectivity index (χ1) is 18.5. The van der Waals surface area contributed by atoms with Crippen LogP contribution in [0.25, 0.3) is 11.1 Å². The number of aromatic amines is 1. The van der Waals surface area contributed by atoms with Gasteiger partial charge in [0.1, 0.15) is 5.82 Å². The lowest BCUT2D eigenvalue weighted by atomic mass is 9.94. The zero-order valence-electron chi connectivity index (χ0n) is 21.1. The Balaban J connectivity index is 1.21. The number of H-pyrrole nitrogens is 1. The Bertz CT molecular complexity index is 1550. The van der Waals surface area contributed by atoms with Crippen molar-refractivity contribution in [3.63, 3.8) is 0 Å². The van der Waals surface area contributed by atoms with Crippen LogP contribution in [-0.4, -0.2) is 44.5 Å². The maximum atomic E-state index is 13.3. The fourth-order valence-electron chi connectivity index (χ4n) is 5.26. The lowest BCUT2D eigenvalue weighted by molar-refractivity contribution is -0.141. The van der Waals surface area contributed by atoms with Crippen LogP contribution in [0.1, 0.15) is 47.2 Å². The summed E-state index contributed by atoms with van der Waals surface area (Å²) in [5.41, 5.74) is 4.09. The SMILES string of the molecule is COc1ccc(-c2cccc(C(O)C(=O)N3CCc4nc(C5(c6ccccc6)CC5)[nH]c(=O)c4C3)c2)cn1. The molecule has 1 amide bonds. The molecule has 2 aromatic carbocycles. The fourth-order valence-corrected chi connectivity index (χ4v) is 5.26. The number of pyridine rings is 1. The third-order valence-corrected chi connectivity index (χ3v) is 7.63. The Morgan fingerprint density at radius 3 is 2.61 bits per heavy atom. The first-order valence-electron chi connectivity index (χ1n) is 12.7. The van der Waals surface area contributed by atoms with Gasteiger partial charge in [0.05, 0.1) is 30.3 Å². The Morgan fingerprint density at radius 2 is 1.89 bits per heavy atom. The van der Waals surface area contributed by atoms with Crippen LogP contribution in [0.5, 0.6) is 5.88 Å². The Hall–Kier alpha value is -4.30. The molecule has 1 saturated carbocycles. The van der Waals surface area contributed by atoms with Crippen molar-refractivity contribution in [3.05, 3.63) is 111 Å². The number of ether oxygens (including phenoxy) is 1. The average Bonchev–Trinajstić information content (AvgIpc) is 3.79. The molecule has 6 rings (SSSR count). The lowest BCUT2D eigenvalue weighted by Crippen LogP contribution is -2.42. The van der Waals surface area contributed by atoms with Crippen LogP contribution >= 0.6 is 0 Å². The number of amides is 1. The number of carbonyl (C=O) groups is 1. The normalized spacial score (nSPS) is 16.4. The summed E-state index contributed by atoms with van der Waals surface area (Å²) in [5.74, 6) is 0.777. The van der Waals surface area contributed by atoms with Crippen LogP contribution in [0.3, 0.4) is 0 Å². The summed E-state index contributed by atoms with van der Waals surface area (Å²) in [5, 5.41) is 11.0. The maximum absolute atomic E-state index is 13.3. The zero-order chi connectivity index (χ0) is 26.3. The smallest absolute Gasteiger partial charge is 0.256 e. The van der Waals surface area contributed by atoms with Crippen molar-refractivity contribution in [3.8, 4) is 17.0 Å². The topological polar surface area (TPSA) is 108 Å². The summed E-state index contributed by atoms with van der Waals surface area (Å²) >= 11 is 0. The van der Waals surface area contributed by atoms with Crippen LogP contribution in [0.2, 0.25) is 0 Å². The highest BCUT2D eigenvalue weighted by atomic mass is 16.5. The molecular formula is C30H28N4O4. The van der Waals surface area contributed by atoms with Gasteiger partial charge in [-0.05, 0) is 41.7 Å². The number of carbonyl (C=O) groups excluding carboxylic acids is 1. The molecule has 0 radical (unpaired) electrons. The van der Waals surface area contributed by atoms with E-state index in [0.717, 1.165) is 35.2 Å². The quantitative estimate of drug-likeness (QED) is 0.413.